The van der Waals surface area contributed by atoms with Crippen molar-refractivity contribution in [1.82, 2.24) is 4.90 Å². The number of thiophene rings is 1. The number of benzene rings is 2. The third-order valence-electron chi connectivity index (χ3n) is 4.48. The van der Waals surface area contributed by atoms with E-state index in [2.05, 4.69) is 0 Å². The summed E-state index contributed by atoms with van der Waals surface area (Å²) in [4.78, 5) is 15.5. The fourth-order valence-electron chi connectivity index (χ4n) is 3.11. The zero-order chi connectivity index (χ0) is 20.1. The normalized spacial score (nSPS) is 10.4. The van der Waals surface area contributed by atoms with Crippen LogP contribution in [0.15, 0.2) is 53.9 Å². The van der Waals surface area contributed by atoms with Gasteiger partial charge in [0.25, 0.3) is 5.91 Å². The molecule has 0 bridgehead atoms. The Bertz CT molecular complexity index is 952. The molecule has 0 N–H and O–H groups in total. The molecule has 0 radical (unpaired) electrons. The van der Waals surface area contributed by atoms with E-state index in [-0.39, 0.29) is 5.91 Å². The van der Waals surface area contributed by atoms with Gasteiger partial charge in [0.1, 0.15) is 0 Å². The predicted octanol–water partition coefficient (Wildman–Crippen LogP) is 4.71. The molecule has 6 heteroatoms. The van der Waals surface area contributed by atoms with Gasteiger partial charge in [0.15, 0.2) is 11.5 Å². The molecule has 0 saturated heterocycles. The van der Waals surface area contributed by atoms with Crippen molar-refractivity contribution in [2.45, 2.75) is 6.54 Å². The SMILES string of the molecule is COc1ccc(CN(C)C(=O)c2sccc2-c2ccccc2)c(OC)c1OC. The molecular weight excluding hydrogens is 374 g/mol. The van der Waals surface area contributed by atoms with Crippen molar-refractivity contribution in [3.8, 4) is 28.4 Å². The summed E-state index contributed by atoms with van der Waals surface area (Å²) in [5.41, 5.74) is 2.82. The van der Waals surface area contributed by atoms with E-state index in [1.807, 2.05) is 53.9 Å². The molecule has 2 aromatic carbocycles. The van der Waals surface area contributed by atoms with Crippen LogP contribution in [0.3, 0.4) is 0 Å². The second kappa shape index (κ2) is 8.80. The molecule has 28 heavy (non-hydrogen) atoms. The Kier molecular flexibility index (Phi) is 6.21. The Labute approximate surface area is 169 Å². The van der Waals surface area contributed by atoms with E-state index in [9.17, 15) is 4.79 Å². The maximum absolute atomic E-state index is 13.1. The summed E-state index contributed by atoms with van der Waals surface area (Å²) in [6, 6.07) is 15.6. The van der Waals surface area contributed by atoms with Crippen molar-refractivity contribution in [2.75, 3.05) is 28.4 Å². The molecule has 0 unspecified atom stereocenters. The van der Waals surface area contributed by atoms with E-state index in [4.69, 9.17) is 14.2 Å². The van der Waals surface area contributed by atoms with E-state index >= 15 is 0 Å². The summed E-state index contributed by atoms with van der Waals surface area (Å²) < 4.78 is 16.3. The molecule has 0 atom stereocenters. The zero-order valence-corrected chi connectivity index (χ0v) is 17.2. The summed E-state index contributed by atoms with van der Waals surface area (Å²) in [6.07, 6.45) is 0. The molecule has 0 aliphatic heterocycles. The van der Waals surface area contributed by atoms with Gasteiger partial charge < -0.3 is 19.1 Å². The van der Waals surface area contributed by atoms with Gasteiger partial charge >= 0.3 is 0 Å². The minimum Gasteiger partial charge on any atom is -0.493 e. The van der Waals surface area contributed by atoms with Crippen LogP contribution in [0.2, 0.25) is 0 Å². The first-order chi connectivity index (χ1) is 13.6. The van der Waals surface area contributed by atoms with Gasteiger partial charge in [-0.1, -0.05) is 30.3 Å². The lowest BCUT2D eigenvalue weighted by molar-refractivity contribution is 0.0789. The zero-order valence-electron chi connectivity index (χ0n) is 16.4. The fourth-order valence-corrected chi connectivity index (χ4v) is 4.02. The van der Waals surface area contributed by atoms with Crippen molar-refractivity contribution in [2.24, 2.45) is 0 Å². The van der Waals surface area contributed by atoms with Crippen LogP contribution < -0.4 is 14.2 Å². The average molecular weight is 397 g/mol. The topological polar surface area (TPSA) is 48.0 Å². The highest BCUT2D eigenvalue weighted by molar-refractivity contribution is 7.12. The van der Waals surface area contributed by atoms with Gasteiger partial charge in [0.2, 0.25) is 5.75 Å². The number of hydrogen-bond acceptors (Lipinski definition) is 5. The quantitative estimate of drug-likeness (QED) is 0.579. The Morgan fingerprint density at radius 2 is 1.64 bits per heavy atom. The molecular formula is C22H23NO4S. The Morgan fingerprint density at radius 3 is 2.29 bits per heavy atom. The minimum absolute atomic E-state index is 0.0364. The molecule has 1 amide bonds. The second-order valence-electron chi connectivity index (χ2n) is 6.18. The second-order valence-corrected chi connectivity index (χ2v) is 7.10. The average Bonchev–Trinajstić information content (AvgIpc) is 3.23. The highest BCUT2D eigenvalue weighted by atomic mass is 32.1. The van der Waals surface area contributed by atoms with Crippen LogP contribution >= 0.6 is 11.3 Å². The molecule has 5 nitrogen and oxygen atoms in total. The fraction of sp³-hybridized carbons (Fsp3) is 0.227. The minimum atomic E-state index is -0.0364. The Balaban J connectivity index is 1.88. The largest absolute Gasteiger partial charge is 0.493 e. The molecule has 0 saturated carbocycles. The van der Waals surface area contributed by atoms with Gasteiger partial charge in [-0.2, -0.15) is 0 Å². The lowest BCUT2D eigenvalue weighted by Gasteiger charge is -2.21. The van der Waals surface area contributed by atoms with Crippen molar-refractivity contribution in [3.63, 3.8) is 0 Å². The van der Waals surface area contributed by atoms with Gasteiger partial charge in [-0.3, -0.25) is 4.79 Å². The van der Waals surface area contributed by atoms with Crippen LogP contribution in [0, 0.1) is 0 Å². The van der Waals surface area contributed by atoms with Gasteiger partial charge in [-0.25, -0.2) is 0 Å². The smallest absolute Gasteiger partial charge is 0.264 e. The predicted molar refractivity (Wildman–Crippen MR) is 112 cm³/mol. The van der Waals surface area contributed by atoms with E-state index in [0.717, 1.165) is 16.7 Å². The van der Waals surface area contributed by atoms with Crippen LogP contribution in [0.1, 0.15) is 15.2 Å². The third kappa shape index (κ3) is 3.82. The molecule has 3 aromatic rings. The molecule has 146 valence electrons. The Hall–Kier alpha value is -2.99. The van der Waals surface area contributed by atoms with Gasteiger partial charge in [-0.15, -0.1) is 11.3 Å². The van der Waals surface area contributed by atoms with Crippen LogP contribution in [0.4, 0.5) is 0 Å². The Morgan fingerprint density at radius 1 is 0.929 bits per heavy atom. The van der Waals surface area contributed by atoms with E-state index in [0.29, 0.717) is 28.7 Å². The molecule has 0 aliphatic carbocycles. The third-order valence-corrected chi connectivity index (χ3v) is 5.39. The first-order valence-corrected chi connectivity index (χ1v) is 9.64. The van der Waals surface area contributed by atoms with Crippen LogP contribution in [-0.4, -0.2) is 39.2 Å². The first kappa shape index (κ1) is 19.8. The van der Waals surface area contributed by atoms with Crippen LogP contribution in [0.25, 0.3) is 11.1 Å². The number of carbonyl (C=O) groups is 1. The molecule has 3 rings (SSSR count). The number of carbonyl (C=O) groups excluding carboxylic acids is 1. The lowest BCUT2D eigenvalue weighted by Crippen LogP contribution is -2.26. The summed E-state index contributed by atoms with van der Waals surface area (Å²) in [5.74, 6) is 1.63. The molecule has 1 heterocycles. The van der Waals surface area contributed by atoms with Gasteiger partial charge in [0, 0.05) is 24.7 Å². The number of ether oxygens (including phenoxy) is 3. The number of methoxy groups -OCH3 is 3. The monoisotopic (exact) mass is 397 g/mol. The van der Waals surface area contributed by atoms with E-state index < -0.39 is 0 Å². The number of hydrogen-bond donors (Lipinski definition) is 0. The molecule has 1 aromatic heterocycles. The number of nitrogens with zero attached hydrogens (tertiary/aromatic N) is 1. The highest BCUT2D eigenvalue weighted by Crippen LogP contribution is 2.40. The summed E-state index contributed by atoms with van der Waals surface area (Å²) in [7, 11) is 6.51. The molecule has 0 aliphatic rings. The van der Waals surface area contributed by atoms with E-state index in [1.54, 1.807) is 33.3 Å². The number of rotatable bonds is 7. The molecule has 0 fully saturated rings. The van der Waals surface area contributed by atoms with Crippen LogP contribution in [-0.2, 0) is 6.54 Å². The summed E-state index contributed by atoms with van der Waals surface area (Å²) >= 11 is 1.45. The van der Waals surface area contributed by atoms with Gasteiger partial charge in [0.05, 0.1) is 26.2 Å². The standard InChI is InChI=1S/C22H23NO4S/c1-23(14-16-10-11-18(25-2)20(27-4)19(16)26-3)22(24)21-17(12-13-28-21)15-8-6-5-7-9-15/h5-13H,14H2,1-4H3. The van der Waals surface area contributed by atoms with Crippen molar-refractivity contribution < 1.29 is 19.0 Å². The van der Waals surface area contributed by atoms with Gasteiger partial charge in [-0.05, 0) is 29.1 Å². The van der Waals surface area contributed by atoms with Crippen molar-refractivity contribution >= 4 is 17.2 Å². The summed E-state index contributed by atoms with van der Waals surface area (Å²) in [6.45, 7) is 0.383. The maximum Gasteiger partial charge on any atom is 0.264 e. The maximum atomic E-state index is 13.1. The summed E-state index contributed by atoms with van der Waals surface area (Å²) in [5, 5.41) is 1.94. The molecule has 0 spiro atoms. The van der Waals surface area contributed by atoms with E-state index in [1.165, 1.54) is 11.3 Å². The van der Waals surface area contributed by atoms with Crippen molar-refractivity contribution in [3.05, 3.63) is 64.4 Å². The highest BCUT2D eigenvalue weighted by Gasteiger charge is 2.22. The first-order valence-electron chi connectivity index (χ1n) is 8.77. The van der Waals surface area contributed by atoms with Crippen molar-refractivity contribution in [1.29, 1.82) is 0 Å². The number of amides is 1. The lowest BCUT2D eigenvalue weighted by atomic mass is 10.1. The van der Waals surface area contributed by atoms with Crippen LogP contribution in [0.5, 0.6) is 17.2 Å².